The first kappa shape index (κ1) is 10.4. The standard InChI is InChI=1S/C10H19NO2S/c12-14(13,7-9-4-5-9)8-10-3-1-2-6-11-10/h9-11H,1-8H2. The molecule has 3 nitrogen and oxygen atoms in total. The Morgan fingerprint density at radius 3 is 2.43 bits per heavy atom. The van der Waals surface area contributed by atoms with Gasteiger partial charge in [0, 0.05) is 6.04 Å². The predicted molar refractivity (Wildman–Crippen MR) is 57.0 cm³/mol. The molecule has 1 N–H and O–H groups in total. The number of nitrogens with one attached hydrogen (secondary N) is 1. The lowest BCUT2D eigenvalue weighted by Crippen LogP contribution is -2.40. The number of hydrogen-bond acceptors (Lipinski definition) is 3. The summed E-state index contributed by atoms with van der Waals surface area (Å²) in [5.41, 5.74) is 0. The Bertz CT molecular complexity index is 276. The summed E-state index contributed by atoms with van der Waals surface area (Å²) in [5, 5.41) is 3.29. The largest absolute Gasteiger partial charge is 0.313 e. The average molecular weight is 217 g/mol. The number of hydrogen-bond donors (Lipinski definition) is 1. The summed E-state index contributed by atoms with van der Waals surface area (Å²) in [4.78, 5) is 0. The fourth-order valence-corrected chi connectivity index (χ4v) is 4.17. The van der Waals surface area contributed by atoms with Gasteiger partial charge >= 0.3 is 0 Å². The highest BCUT2D eigenvalue weighted by molar-refractivity contribution is 7.91. The molecule has 14 heavy (non-hydrogen) atoms. The molecule has 1 atom stereocenters. The van der Waals surface area contributed by atoms with E-state index in [4.69, 9.17) is 0 Å². The van der Waals surface area contributed by atoms with Crippen molar-refractivity contribution in [3.05, 3.63) is 0 Å². The third kappa shape index (κ3) is 3.24. The Kier molecular flexibility index (Phi) is 3.12. The van der Waals surface area contributed by atoms with Crippen molar-refractivity contribution < 1.29 is 8.42 Å². The number of piperidine rings is 1. The van der Waals surface area contributed by atoms with Crippen LogP contribution in [0.25, 0.3) is 0 Å². The topological polar surface area (TPSA) is 46.2 Å². The van der Waals surface area contributed by atoms with Crippen LogP contribution >= 0.6 is 0 Å². The molecule has 1 saturated carbocycles. The van der Waals surface area contributed by atoms with Crippen molar-refractivity contribution >= 4 is 9.84 Å². The molecule has 1 aliphatic heterocycles. The molecule has 0 aromatic rings. The molecule has 0 aromatic heterocycles. The second-order valence-corrected chi connectivity index (χ2v) is 6.82. The molecule has 0 aromatic carbocycles. The molecule has 1 saturated heterocycles. The van der Waals surface area contributed by atoms with Gasteiger partial charge in [0.2, 0.25) is 0 Å². The minimum absolute atomic E-state index is 0.229. The Morgan fingerprint density at radius 1 is 1.07 bits per heavy atom. The lowest BCUT2D eigenvalue weighted by atomic mass is 10.1. The van der Waals surface area contributed by atoms with E-state index in [-0.39, 0.29) is 6.04 Å². The predicted octanol–water partition coefficient (Wildman–Crippen LogP) is 0.953. The third-order valence-electron chi connectivity index (χ3n) is 3.05. The molecule has 0 spiro atoms. The van der Waals surface area contributed by atoms with Gasteiger partial charge in [0.05, 0.1) is 11.5 Å². The molecule has 0 radical (unpaired) electrons. The Labute approximate surface area is 86.2 Å². The fourth-order valence-electron chi connectivity index (χ4n) is 2.08. The van der Waals surface area contributed by atoms with E-state index in [0.29, 0.717) is 17.4 Å². The van der Waals surface area contributed by atoms with Gasteiger partial charge in [-0.1, -0.05) is 6.42 Å². The number of sulfone groups is 1. The zero-order valence-electron chi connectivity index (χ0n) is 8.54. The molecule has 4 heteroatoms. The summed E-state index contributed by atoms with van der Waals surface area (Å²) in [6.45, 7) is 0.990. The molecule has 82 valence electrons. The summed E-state index contributed by atoms with van der Waals surface area (Å²) in [7, 11) is -2.78. The van der Waals surface area contributed by atoms with Crippen LogP contribution in [-0.4, -0.2) is 32.5 Å². The molecule has 1 unspecified atom stereocenters. The van der Waals surface area contributed by atoms with Crippen molar-refractivity contribution in [2.45, 2.75) is 38.1 Å². The molecule has 2 fully saturated rings. The zero-order chi connectivity index (χ0) is 10.0. The van der Waals surface area contributed by atoms with Gasteiger partial charge < -0.3 is 5.32 Å². The van der Waals surface area contributed by atoms with Crippen molar-refractivity contribution in [1.82, 2.24) is 5.32 Å². The Balaban J connectivity index is 1.81. The van der Waals surface area contributed by atoms with Crippen molar-refractivity contribution in [2.24, 2.45) is 5.92 Å². The quantitative estimate of drug-likeness (QED) is 0.762. The van der Waals surface area contributed by atoms with Crippen LogP contribution in [0.5, 0.6) is 0 Å². The first-order valence-corrected chi connectivity index (χ1v) is 7.42. The molecule has 1 aliphatic carbocycles. The summed E-state index contributed by atoms with van der Waals surface area (Å²) < 4.78 is 23.4. The summed E-state index contributed by atoms with van der Waals surface area (Å²) in [6.07, 6.45) is 5.65. The lowest BCUT2D eigenvalue weighted by molar-refractivity contribution is 0.423. The van der Waals surface area contributed by atoms with Gasteiger partial charge in [0.25, 0.3) is 0 Å². The first-order chi connectivity index (χ1) is 6.66. The normalized spacial score (nSPS) is 29.0. The third-order valence-corrected chi connectivity index (χ3v) is 4.94. The van der Waals surface area contributed by atoms with E-state index >= 15 is 0 Å². The molecular formula is C10H19NO2S. The average Bonchev–Trinajstić information content (AvgIpc) is 2.88. The molecule has 0 bridgehead atoms. The van der Waals surface area contributed by atoms with Crippen LogP contribution in [0.1, 0.15) is 32.1 Å². The van der Waals surface area contributed by atoms with E-state index in [1.165, 1.54) is 12.8 Å². The van der Waals surface area contributed by atoms with Crippen LogP contribution in [-0.2, 0) is 9.84 Å². The van der Waals surface area contributed by atoms with Crippen molar-refractivity contribution in [2.75, 3.05) is 18.1 Å². The molecule has 1 heterocycles. The monoisotopic (exact) mass is 217 g/mol. The molecule has 2 rings (SSSR count). The van der Waals surface area contributed by atoms with Crippen LogP contribution in [0.3, 0.4) is 0 Å². The lowest BCUT2D eigenvalue weighted by Gasteiger charge is -2.23. The van der Waals surface area contributed by atoms with Crippen LogP contribution in [0.4, 0.5) is 0 Å². The van der Waals surface area contributed by atoms with Gasteiger partial charge in [0.1, 0.15) is 0 Å². The second kappa shape index (κ2) is 4.19. The Morgan fingerprint density at radius 2 is 1.86 bits per heavy atom. The highest BCUT2D eigenvalue weighted by atomic mass is 32.2. The van der Waals surface area contributed by atoms with Gasteiger partial charge in [-0.05, 0) is 38.1 Å². The van der Waals surface area contributed by atoms with E-state index < -0.39 is 9.84 Å². The molecule has 0 amide bonds. The van der Waals surface area contributed by atoms with E-state index in [0.717, 1.165) is 25.8 Å². The summed E-state index contributed by atoms with van der Waals surface area (Å²) in [6, 6.07) is 0.229. The van der Waals surface area contributed by atoms with Gasteiger partial charge in [-0.25, -0.2) is 8.42 Å². The van der Waals surface area contributed by atoms with Gasteiger partial charge in [-0.15, -0.1) is 0 Å². The highest BCUT2D eigenvalue weighted by Gasteiger charge is 2.29. The van der Waals surface area contributed by atoms with Crippen LogP contribution in [0.15, 0.2) is 0 Å². The van der Waals surface area contributed by atoms with Crippen molar-refractivity contribution in [1.29, 1.82) is 0 Å². The van der Waals surface area contributed by atoms with E-state index in [1.807, 2.05) is 0 Å². The van der Waals surface area contributed by atoms with Gasteiger partial charge in [0.15, 0.2) is 9.84 Å². The highest BCUT2D eigenvalue weighted by Crippen LogP contribution is 2.30. The summed E-state index contributed by atoms with van der Waals surface area (Å²) >= 11 is 0. The summed E-state index contributed by atoms with van der Waals surface area (Å²) in [5.74, 6) is 1.29. The minimum atomic E-state index is -2.78. The zero-order valence-corrected chi connectivity index (χ0v) is 9.35. The second-order valence-electron chi connectivity index (χ2n) is 4.67. The SMILES string of the molecule is O=S(=O)(CC1CC1)CC1CCCCN1. The first-order valence-electron chi connectivity index (χ1n) is 5.59. The molecular weight excluding hydrogens is 198 g/mol. The smallest absolute Gasteiger partial charge is 0.152 e. The maximum Gasteiger partial charge on any atom is 0.152 e. The maximum atomic E-state index is 11.7. The maximum absolute atomic E-state index is 11.7. The van der Waals surface area contributed by atoms with Crippen molar-refractivity contribution in [3.8, 4) is 0 Å². The molecule has 2 aliphatic rings. The van der Waals surface area contributed by atoms with Crippen molar-refractivity contribution in [3.63, 3.8) is 0 Å². The van der Waals surface area contributed by atoms with Gasteiger partial charge in [-0.3, -0.25) is 0 Å². The van der Waals surface area contributed by atoms with Crippen LogP contribution in [0, 0.1) is 5.92 Å². The fraction of sp³-hybridized carbons (Fsp3) is 1.00. The minimum Gasteiger partial charge on any atom is -0.313 e. The van der Waals surface area contributed by atoms with E-state index in [1.54, 1.807) is 0 Å². The van der Waals surface area contributed by atoms with E-state index in [2.05, 4.69) is 5.32 Å². The number of rotatable bonds is 4. The van der Waals surface area contributed by atoms with Gasteiger partial charge in [-0.2, -0.15) is 0 Å². The van der Waals surface area contributed by atoms with Crippen LogP contribution < -0.4 is 5.32 Å². The van der Waals surface area contributed by atoms with Crippen LogP contribution in [0.2, 0.25) is 0 Å². The Hall–Kier alpha value is -0.0900. The van der Waals surface area contributed by atoms with E-state index in [9.17, 15) is 8.42 Å².